The Morgan fingerprint density at radius 1 is 1.46 bits per heavy atom. The van der Waals surface area contributed by atoms with E-state index in [1.165, 1.54) is 13.0 Å². The minimum absolute atomic E-state index is 0.00866. The predicted molar refractivity (Wildman–Crippen MR) is 57.9 cm³/mol. The summed E-state index contributed by atoms with van der Waals surface area (Å²) in [4.78, 5) is 0. The Hall–Kier alpha value is 0.480. The summed E-state index contributed by atoms with van der Waals surface area (Å²) in [7, 11) is 0. The Bertz CT molecular complexity index is 280. The van der Waals surface area contributed by atoms with Crippen LogP contribution in [0.5, 0.6) is 0 Å². The first-order chi connectivity index (χ1) is 5.77. The van der Waals surface area contributed by atoms with Crippen LogP contribution in [0, 0.1) is 5.41 Å². The van der Waals surface area contributed by atoms with Crippen molar-refractivity contribution in [3.8, 4) is 0 Å². The van der Waals surface area contributed by atoms with Crippen LogP contribution in [0.1, 0.15) is 13.3 Å². The molecule has 0 fully saturated rings. The lowest BCUT2D eigenvalue weighted by Gasteiger charge is -2.33. The molecule has 0 radical (unpaired) electrons. The molecule has 0 aromatic heterocycles. The molecule has 5 heteroatoms. The highest BCUT2D eigenvalue weighted by molar-refractivity contribution is 14.1. The zero-order chi connectivity index (χ0) is 10.3. The van der Waals surface area contributed by atoms with Gasteiger partial charge in [0.25, 0.3) is 0 Å². The standard InChI is InChI=1S/C8H7BrF3I/c1-7(8(10,11)12)4-5(9)2-3-6(7)13/h2-3H,4H2,1H3. The molecule has 0 aromatic rings. The Labute approximate surface area is 96.5 Å². The molecule has 0 saturated carbocycles. The van der Waals surface area contributed by atoms with E-state index in [2.05, 4.69) is 15.9 Å². The van der Waals surface area contributed by atoms with Gasteiger partial charge in [0.1, 0.15) is 0 Å². The smallest absolute Gasteiger partial charge is 0.170 e. The highest BCUT2D eigenvalue weighted by Gasteiger charge is 2.53. The molecule has 1 unspecified atom stereocenters. The fraction of sp³-hybridized carbons (Fsp3) is 0.500. The molecule has 0 saturated heterocycles. The van der Waals surface area contributed by atoms with Crippen LogP contribution in [0.15, 0.2) is 20.2 Å². The molecule has 0 aliphatic heterocycles. The molecule has 0 nitrogen and oxygen atoms in total. The molecule has 74 valence electrons. The van der Waals surface area contributed by atoms with Gasteiger partial charge in [-0.1, -0.05) is 28.1 Å². The average Bonchev–Trinajstić information content (AvgIpc) is 1.95. The number of hydrogen-bond donors (Lipinski definition) is 0. The first-order valence-electron chi connectivity index (χ1n) is 3.56. The Kier molecular flexibility index (Phi) is 3.17. The van der Waals surface area contributed by atoms with Crippen LogP contribution in [0.3, 0.4) is 0 Å². The van der Waals surface area contributed by atoms with Gasteiger partial charge >= 0.3 is 6.18 Å². The van der Waals surface area contributed by atoms with Crippen LogP contribution >= 0.6 is 38.5 Å². The number of rotatable bonds is 0. The van der Waals surface area contributed by atoms with E-state index in [0.717, 1.165) is 0 Å². The number of hydrogen-bond acceptors (Lipinski definition) is 0. The van der Waals surface area contributed by atoms with Crippen LogP contribution in [-0.2, 0) is 0 Å². The molecule has 0 bridgehead atoms. The molecule has 1 atom stereocenters. The fourth-order valence-electron chi connectivity index (χ4n) is 1.06. The SMILES string of the molecule is CC1(C(F)(F)F)CC(Br)=CC=C1I. The molecule has 1 aliphatic carbocycles. The summed E-state index contributed by atoms with van der Waals surface area (Å²) in [6, 6.07) is 0. The van der Waals surface area contributed by atoms with Gasteiger partial charge in [-0.15, -0.1) is 0 Å². The minimum Gasteiger partial charge on any atom is -0.170 e. The molecular weight excluding hydrogens is 360 g/mol. The van der Waals surface area contributed by atoms with E-state index >= 15 is 0 Å². The molecule has 0 amide bonds. The summed E-state index contributed by atoms with van der Waals surface area (Å²) in [5.74, 6) is 0. The quantitative estimate of drug-likeness (QED) is 0.551. The van der Waals surface area contributed by atoms with Crippen molar-refractivity contribution in [2.45, 2.75) is 19.5 Å². The molecule has 0 aromatic carbocycles. The lowest BCUT2D eigenvalue weighted by molar-refractivity contribution is -0.199. The van der Waals surface area contributed by atoms with Crippen molar-refractivity contribution < 1.29 is 13.2 Å². The van der Waals surface area contributed by atoms with E-state index in [1.54, 1.807) is 28.7 Å². The Morgan fingerprint density at radius 3 is 2.38 bits per heavy atom. The minimum atomic E-state index is -4.19. The van der Waals surface area contributed by atoms with Crippen molar-refractivity contribution >= 4 is 38.5 Å². The zero-order valence-corrected chi connectivity index (χ0v) is 10.5. The molecule has 1 rings (SSSR count). The highest BCUT2D eigenvalue weighted by atomic mass is 127. The van der Waals surface area contributed by atoms with Crippen molar-refractivity contribution in [3.05, 3.63) is 20.2 Å². The lowest BCUT2D eigenvalue weighted by atomic mass is 9.83. The molecule has 13 heavy (non-hydrogen) atoms. The van der Waals surface area contributed by atoms with E-state index in [-0.39, 0.29) is 6.42 Å². The summed E-state index contributed by atoms with van der Waals surface area (Å²) < 4.78 is 38.9. The number of alkyl halides is 3. The highest BCUT2D eigenvalue weighted by Crippen LogP contribution is 2.52. The normalized spacial score (nSPS) is 29.7. The fourth-order valence-corrected chi connectivity index (χ4v) is 2.43. The van der Waals surface area contributed by atoms with Gasteiger partial charge in [-0.3, -0.25) is 0 Å². The Balaban J connectivity index is 3.07. The Morgan fingerprint density at radius 2 is 2.00 bits per heavy atom. The van der Waals surface area contributed by atoms with Crippen molar-refractivity contribution in [3.63, 3.8) is 0 Å². The maximum atomic E-state index is 12.7. The third kappa shape index (κ3) is 2.11. The number of allylic oxidation sites excluding steroid dienone is 4. The third-order valence-corrected chi connectivity index (χ3v) is 4.18. The second-order valence-electron chi connectivity index (χ2n) is 3.13. The van der Waals surface area contributed by atoms with Gasteiger partial charge in [0.05, 0.1) is 5.41 Å². The van der Waals surface area contributed by atoms with Crippen LogP contribution in [0.4, 0.5) is 13.2 Å². The summed E-state index contributed by atoms with van der Waals surface area (Å²) in [5, 5.41) is 0. The van der Waals surface area contributed by atoms with Crippen molar-refractivity contribution in [1.82, 2.24) is 0 Å². The predicted octanol–water partition coefficient (Wildman–Crippen LogP) is 4.56. The van der Waals surface area contributed by atoms with E-state index in [1.807, 2.05) is 0 Å². The van der Waals surface area contributed by atoms with Gasteiger partial charge in [0, 0.05) is 3.58 Å². The maximum absolute atomic E-state index is 12.7. The zero-order valence-electron chi connectivity index (χ0n) is 6.75. The van der Waals surface area contributed by atoms with Crippen molar-refractivity contribution in [2.24, 2.45) is 5.41 Å². The van der Waals surface area contributed by atoms with E-state index < -0.39 is 11.6 Å². The summed E-state index contributed by atoms with van der Waals surface area (Å²) in [6.45, 7) is 1.22. The molecule has 0 heterocycles. The van der Waals surface area contributed by atoms with Gasteiger partial charge in [0.15, 0.2) is 0 Å². The molecule has 0 N–H and O–H groups in total. The van der Waals surface area contributed by atoms with E-state index in [9.17, 15) is 13.2 Å². The van der Waals surface area contributed by atoms with E-state index in [4.69, 9.17) is 0 Å². The molecular formula is C8H7BrF3I. The number of halogens is 5. The molecule has 0 spiro atoms. The average molecular weight is 367 g/mol. The summed E-state index contributed by atoms with van der Waals surface area (Å²) >= 11 is 4.84. The topological polar surface area (TPSA) is 0 Å². The van der Waals surface area contributed by atoms with Gasteiger partial charge in [-0.05, 0) is 40.4 Å². The summed E-state index contributed by atoms with van der Waals surface area (Å²) in [6.07, 6.45) is -1.03. The summed E-state index contributed by atoms with van der Waals surface area (Å²) in [5.41, 5.74) is -1.72. The van der Waals surface area contributed by atoms with Crippen LogP contribution in [0.25, 0.3) is 0 Å². The van der Waals surface area contributed by atoms with Crippen LogP contribution < -0.4 is 0 Å². The lowest BCUT2D eigenvalue weighted by Crippen LogP contribution is -2.36. The molecule has 1 aliphatic rings. The second-order valence-corrected chi connectivity index (χ2v) is 5.32. The monoisotopic (exact) mass is 366 g/mol. The van der Waals surface area contributed by atoms with Gasteiger partial charge in [-0.2, -0.15) is 13.2 Å². The maximum Gasteiger partial charge on any atom is 0.398 e. The van der Waals surface area contributed by atoms with Crippen molar-refractivity contribution in [1.29, 1.82) is 0 Å². The first kappa shape index (κ1) is 11.6. The largest absolute Gasteiger partial charge is 0.398 e. The van der Waals surface area contributed by atoms with Crippen LogP contribution in [0.2, 0.25) is 0 Å². The second kappa shape index (κ2) is 3.56. The van der Waals surface area contributed by atoms with Gasteiger partial charge < -0.3 is 0 Å². The van der Waals surface area contributed by atoms with E-state index in [0.29, 0.717) is 8.06 Å². The van der Waals surface area contributed by atoms with Crippen LogP contribution in [-0.4, -0.2) is 6.18 Å². The van der Waals surface area contributed by atoms with Gasteiger partial charge in [0.2, 0.25) is 0 Å². The first-order valence-corrected chi connectivity index (χ1v) is 5.43. The van der Waals surface area contributed by atoms with Gasteiger partial charge in [-0.25, -0.2) is 0 Å². The third-order valence-electron chi connectivity index (χ3n) is 2.09. The van der Waals surface area contributed by atoms with Crippen molar-refractivity contribution in [2.75, 3.05) is 0 Å².